The number of anilines is 3. The van der Waals surface area contributed by atoms with Crippen molar-refractivity contribution >= 4 is 17.3 Å². The molecule has 0 saturated carbocycles. The lowest BCUT2D eigenvalue weighted by Gasteiger charge is -2.25. The molecule has 0 amide bonds. The maximum absolute atomic E-state index is 13.1. The molecule has 1 heterocycles. The normalized spacial score (nSPS) is 11.3. The van der Waals surface area contributed by atoms with E-state index in [1.165, 1.54) is 24.3 Å². The summed E-state index contributed by atoms with van der Waals surface area (Å²) in [6.45, 7) is 0. The maximum atomic E-state index is 13.1. The highest BCUT2D eigenvalue weighted by atomic mass is 19.4. The van der Waals surface area contributed by atoms with Gasteiger partial charge in [-0.2, -0.15) is 0 Å². The average Bonchev–Trinajstić information content (AvgIpc) is 2.34. The molecule has 2 aromatic rings. The first-order valence-corrected chi connectivity index (χ1v) is 5.16. The van der Waals surface area contributed by atoms with Crippen molar-refractivity contribution in [1.82, 2.24) is 9.97 Å². The van der Waals surface area contributed by atoms with Gasteiger partial charge >= 0.3 is 6.30 Å². The summed E-state index contributed by atoms with van der Waals surface area (Å²) >= 11 is 0. The number of nitrogens with one attached hydrogen (secondary N) is 1. The number of nitrogens with two attached hydrogens (primary N) is 1. The third-order valence-electron chi connectivity index (χ3n) is 2.29. The molecule has 0 fully saturated rings. The number of nitrogen functional groups attached to an aromatic ring is 1. The number of hydrogen-bond donors (Lipinski definition) is 2. The van der Waals surface area contributed by atoms with Crippen molar-refractivity contribution < 1.29 is 13.2 Å². The van der Waals surface area contributed by atoms with Crippen LogP contribution in [0, 0.1) is 0 Å². The van der Waals surface area contributed by atoms with E-state index >= 15 is 0 Å². The molecule has 0 radical (unpaired) electrons. The molecule has 0 aliphatic rings. The predicted octanol–water partition coefficient (Wildman–Crippen LogP) is 2.01. The van der Waals surface area contributed by atoms with Gasteiger partial charge in [-0.15, -0.1) is 13.2 Å². The fourth-order valence-electron chi connectivity index (χ4n) is 1.47. The molecule has 19 heavy (non-hydrogen) atoms. The van der Waals surface area contributed by atoms with Gasteiger partial charge < -0.3 is 5.73 Å². The van der Waals surface area contributed by atoms with Gasteiger partial charge in [0, 0.05) is 0 Å². The van der Waals surface area contributed by atoms with Gasteiger partial charge in [0.15, 0.2) is 0 Å². The van der Waals surface area contributed by atoms with E-state index in [4.69, 9.17) is 5.73 Å². The van der Waals surface area contributed by atoms with Gasteiger partial charge in [-0.1, -0.05) is 18.2 Å². The summed E-state index contributed by atoms with van der Waals surface area (Å²) in [5.41, 5.74) is 3.99. The Morgan fingerprint density at radius 3 is 2.37 bits per heavy atom. The van der Waals surface area contributed by atoms with Gasteiger partial charge in [0.05, 0.1) is 11.9 Å². The summed E-state index contributed by atoms with van der Waals surface area (Å²) in [7, 11) is 0. The van der Waals surface area contributed by atoms with Crippen molar-refractivity contribution in [3.8, 4) is 0 Å². The van der Waals surface area contributed by atoms with Gasteiger partial charge in [0.1, 0.15) is 5.69 Å². The predicted molar refractivity (Wildman–Crippen MR) is 63.9 cm³/mol. The first-order valence-electron chi connectivity index (χ1n) is 5.16. The molecule has 0 atom stereocenters. The number of alkyl halides is 3. The Morgan fingerprint density at radius 1 is 1.21 bits per heavy atom. The van der Waals surface area contributed by atoms with Crippen LogP contribution < -0.4 is 16.2 Å². The minimum Gasteiger partial charge on any atom is -0.393 e. The fourth-order valence-corrected chi connectivity index (χ4v) is 1.47. The second-order valence-electron chi connectivity index (χ2n) is 3.63. The molecule has 0 bridgehead atoms. The highest BCUT2D eigenvalue weighted by Crippen LogP contribution is 2.33. The van der Waals surface area contributed by atoms with Crippen LogP contribution in [0.1, 0.15) is 0 Å². The third kappa shape index (κ3) is 2.67. The van der Waals surface area contributed by atoms with E-state index in [9.17, 15) is 18.0 Å². The summed E-state index contributed by atoms with van der Waals surface area (Å²) in [5.74, 6) is -0.641. The first-order chi connectivity index (χ1) is 8.89. The van der Waals surface area contributed by atoms with Crippen LogP contribution in [0.25, 0.3) is 0 Å². The van der Waals surface area contributed by atoms with Crippen LogP contribution in [0.5, 0.6) is 0 Å². The smallest absolute Gasteiger partial charge is 0.393 e. The third-order valence-corrected chi connectivity index (χ3v) is 2.29. The number of nitrogens with zero attached hydrogens (tertiary/aromatic N) is 2. The lowest BCUT2D eigenvalue weighted by atomic mass is 10.3. The molecule has 1 aromatic heterocycles. The van der Waals surface area contributed by atoms with Gasteiger partial charge in [0.2, 0.25) is 5.95 Å². The van der Waals surface area contributed by atoms with Crippen molar-refractivity contribution in [2.45, 2.75) is 6.30 Å². The van der Waals surface area contributed by atoms with Crippen molar-refractivity contribution in [2.75, 3.05) is 10.6 Å². The van der Waals surface area contributed by atoms with E-state index in [2.05, 4.69) is 4.98 Å². The van der Waals surface area contributed by atoms with E-state index < -0.39 is 17.8 Å². The highest BCUT2D eigenvalue weighted by Gasteiger charge is 2.40. The Morgan fingerprint density at radius 2 is 1.84 bits per heavy atom. The standard InChI is InChI=1S/C11H9F3N4O/c12-11(13,14)18(7-4-2-1-3-5-7)10-16-6-8(15)9(19)17-10/h1-6H,15H2,(H,16,17,19). The van der Waals surface area contributed by atoms with Crippen molar-refractivity contribution in [1.29, 1.82) is 0 Å². The molecule has 0 unspecified atom stereocenters. The Bertz CT molecular complexity index is 624. The zero-order chi connectivity index (χ0) is 14.0. The molecular weight excluding hydrogens is 261 g/mol. The number of aromatic amines is 1. The van der Waals surface area contributed by atoms with Crippen LogP contribution in [-0.2, 0) is 0 Å². The minimum atomic E-state index is -4.73. The molecular formula is C11H9F3N4O. The number of para-hydroxylation sites is 1. The number of benzene rings is 1. The Kier molecular flexibility index (Phi) is 3.16. The van der Waals surface area contributed by atoms with Crippen molar-refractivity contribution in [3.05, 3.63) is 46.9 Å². The molecule has 1 aromatic carbocycles. The van der Waals surface area contributed by atoms with Crippen LogP contribution in [0.15, 0.2) is 41.3 Å². The van der Waals surface area contributed by atoms with Gasteiger partial charge in [0.25, 0.3) is 5.56 Å². The van der Waals surface area contributed by atoms with Crippen LogP contribution in [-0.4, -0.2) is 16.3 Å². The average molecular weight is 270 g/mol. The topological polar surface area (TPSA) is 75.0 Å². The maximum Gasteiger partial charge on any atom is 0.491 e. The number of hydrogen-bond acceptors (Lipinski definition) is 4. The Balaban J connectivity index is 2.56. The molecule has 8 heteroatoms. The number of H-pyrrole nitrogens is 1. The molecule has 0 aliphatic carbocycles. The first kappa shape index (κ1) is 12.9. The summed E-state index contributed by atoms with van der Waals surface area (Å²) in [5, 5.41) is 0. The molecule has 0 saturated heterocycles. The zero-order valence-electron chi connectivity index (χ0n) is 9.48. The van der Waals surface area contributed by atoms with Crippen LogP contribution in [0.4, 0.5) is 30.5 Å². The molecule has 2 rings (SSSR count). The Hall–Kier alpha value is -2.51. The van der Waals surface area contributed by atoms with Crippen LogP contribution >= 0.6 is 0 Å². The second-order valence-corrected chi connectivity index (χ2v) is 3.63. The molecule has 0 aliphatic heterocycles. The van der Waals surface area contributed by atoms with E-state index in [0.29, 0.717) is 0 Å². The SMILES string of the molecule is Nc1cnc(N(c2ccccc2)C(F)(F)F)[nH]c1=O. The second kappa shape index (κ2) is 4.63. The fraction of sp³-hybridized carbons (Fsp3) is 0.0909. The summed E-state index contributed by atoms with van der Waals surface area (Å²) in [6.07, 6.45) is -3.84. The van der Waals surface area contributed by atoms with Gasteiger partial charge in [-0.25, -0.2) is 9.88 Å². The largest absolute Gasteiger partial charge is 0.491 e. The van der Waals surface area contributed by atoms with E-state index in [-0.39, 0.29) is 16.3 Å². The summed E-state index contributed by atoms with van der Waals surface area (Å²) in [6, 6.07) is 6.98. The molecule has 100 valence electrons. The van der Waals surface area contributed by atoms with E-state index in [0.717, 1.165) is 6.20 Å². The highest BCUT2D eigenvalue weighted by molar-refractivity contribution is 5.58. The Labute approximate surface area is 105 Å². The van der Waals surface area contributed by atoms with E-state index in [1.54, 1.807) is 6.07 Å². The van der Waals surface area contributed by atoms with Crippen molar-refractivity contribution in [2.24, 2.45) is 0 Å². The van der Waals surface area contributed by atoms with Gasteiger partial charge in [-0.05, 0) is 12.1 Å². The summed E-state index contributed by atoms with van der Waals surface area (Å²) in [4.78, 5) is 16.8. The van der Waals surface area contributed by atoms with Gasteiger partial charge in [-0.3, -0.25) is 9.78 Å². The van der Waals surface area contributed by atoms with Crippen LogP contribution in [0.3, 0.4) is 0 Å². The van der Waals surface area contributed by atoms with E-state index in [1.807, 2.05) is 4.98 Å². The number of rotatable bonds is 2. The van der Waals surface area contributed by atoms with Crippen molar-refractivity contribution in [3.63, 3.8) is 0 Å². The zero-order valence-corrected chi connectivity index (χ0v) is 9.48. The molecule has 3 N–H and O–H groups in total. The van der Waals surface area contributed by atoms with Crippen LogP contribution in [0.2, 0.25) is 0 Å². The number of aromatic nitrogens is 2. The monoisotopic (exact) mass is 270 g/mol. The molecule has 0 spiro atoms. The lowest BCUT2D eigenvalue weighted by Crippen LogP contribution is -2.36. The minimum absolute atomic E-state index is 0.0339. The number of halogens is 3. The lowest BCUT2D eigenvalue weighted by molar-refractivity contribution is -0.121. The summed E-state index contributed by atoms with van der Waals surface area (Å²) < 4.78 is 39.2. The molecule has 5 nitrogen and oxygen atoms in total. The quantitative estimate of drug-likeness (QED) is 0.818.